The normalized spacial score (nSPS) is 10.6. The first kappa shape index (κ1) is 19.5. The Morgan fingerprint density at radius 2 is 1.33 bits per heavy atom. The number of aromatic nitrogens is 1. The Bertz CT molecular complexity index is 1160. The highest BCUT2D eigenvalue weighted by Gasteiger charge is 2.09. The van der Waals surface area contributed by atoms with Crippen LogP contribution in [0.4, 0.5) is 16.2 Å². The molecule has 2 N–H and O–H groups in total. The number of hydrogen-bond donors (Lipinski definition) is 2. The summed E-state index contributed by atoms with van der Waals surface area (Å²) in [7, 11) is 0. The van der Waals surface area contributed by atoms with Crippen molar-refractivity contribution in [3.05, 3.63) is 89.7 Å². The van der Waals surface area contributed by atoms with Crippen LogP contribution < -0.4 is 10.6 Å². The van der Waals surface area contributed by atoms with Gasteiger partial charge in [0, 0.05) is 22.5 Å². The summed E-state index contributed by atoms with van der Waals surface area (Å²) in [6.07, 6.45) is 1.66. The maximum atomic E-state index is 12.3. The average Bonchev–Trinajstić information content (AvgIpc) is 3.18. The molecule has 1 heterocycles. The second kappa shape index (κ2) is 8.25. The number of urea groups is 1. The van der Waals surface area contributed by atoms with Crippen molar-refractivity contribution in [1.29, 1.82) is 0 Å². The molecule has 3 aromatic carbocycles. The molecule has 0 aliphatic carbocycles. The van der Waals surface area contributed by atoms with Crippen LogP contribution in [0, 0.1) is 20.8 Å². The predicted molar refractivity (Wildman–Crippen MR) is 121 cm³/mol. The lowest BCUT2D eigenvalue weighted by Gasteiger charge is -2.09. The van der Waals surface area contributed by atoms with E-state index in [2.05, 4.69) is 28.6 Å². The molecule has 0 radical (unpaired) electrons. The van der Waals surface area contributed by atoms with Crippen molar-refractivity contribution >= 4 is 17.4 Å². The van der Waals surface area contributed by atoms with Gasteiger partial charge >= 0.3 is 6.03 Å². The van der Waals surface area contributed by atoms with E-state index in [-0.39, 0.29) is 6.03 Å². The number of carbonyl (C=O) groups excluding carboxylic acids is 1. The summed E-state index contributed by atoms with van der Waals surface area (Å²) in [6.45, 7) is 6.05. The van der Waals surface area contributed by atoms with Crippen LogP contribution in [0.25, 0.3) is 22.7 Å². The first-order valence-corrected chi connectivity index (χ1v) is 9.75. The molecule has 0 saturated carbocycles. The maximum absolute atomic E-state index is 12.3. The van der Waals surface area contributed by atoms with Crippen LogP contribution in [-0.2, 0) is 0 Å². The molecule has 0 bridgehead atoms. The summed E-state index contributed by atoms with van der Waals surface area (Å²) in [4.78, 5) is 16.9. The Labute approximate surface area is 175 Å². The number of aryl methyl sites for hydroxylation is 3. The van der Waals surface area contributed by atoms with Gasteiger partial charge in [-0.15, -0.1) is 0 Å². The van der Waals surface area contributed by atoms with E-state index in [1.807, 2.05) is 74.5 Å². The molecule has 0 aliphatic heterocycles. The lowest BCUT2D eigenvalue weighted by atomic mass is 10.1. The van der Waals surface area contributed by atoms with Gasteiger partial charge in [0.2, 0.25) is 5.89 Å². The molecule has 0 saturated heterocycles. The summed E-state index contributed by atoms with van der Waals surface area (Å²) >= 11 is 0. The fourth-order valence-electron chi connectivity index (χ4n) is 3.30. The van der Waals surface area contributed by atoms with E-state index in [0.717, 1.165) is 33.6 Å². The predicted octanol–water partition coefficient (Wildman–Crippen LogP) is 6.58. The van der Waals surface area contributed by atoms with Gasteiger partial charge in [-0.2, -0.15) is 0 Å². The zero-order valence-electron chi connectivity index (χ0n) is 17.2. The van der Waals surface area contributed by atoms with Crippen molar-refractivity contribution < 1.29 is 9.21 Å². The highest BCUT2D eigenvalue weighted by Crippen LogP contribution is 2.26. The minimum Gasteiger partial charge on any atom is -0.444 e. The quantitative estimate of drug-likeness (QED) is 0.409. The van der Waals surface area contributed by atoms with Crippen LogP contribution in [0.3, 0.4) is 0 Å². The summed E-state index contributed by atoms with van der Waals surface area (Å²) < 4.78 is 5.65. The zero-order chi connectivity index (χ0) is 21.1. The van der Waals surface area contributed by atoms with Gasteiger partial charge in [0.25, 0.3) is 0 Å². The lowest BCUT2D eigenvalue weighted by Crippen LogP contribution is -2.19. The molecular formula is C25H23N3O2. The number of nitrogens with one attached hydrogen (secondary N) is 2. The summed E-state index contributed by atoms with van der Waals surface area (Å²) in [5.41, 5.74) is 7.50. The molecule has 0 spiro atoms. The molecule has 1 aromatic heterocycles. The molecule has 2 amide bonds. The standard InChI is InChI=1S/C25H23N3O2/c1-16-4-6-19(7-5-16)23-15-30-24(28-23)20-8-10-21(11-9-20)26-25(29)27-22-13-17(2)12-18(3)14-22/h4-15H,1-3H3,(H2,26,27,29). The van der Waals surface area contributed by atoms with Gasteiger partial charge in [0.1, 0.15) is 12.0 Å². The molecule has 0 fully saturated rings. The Kier molecular flexibility index (Phi) is 5.35. The van der Waals surface area contributed by atoms with Crippen LogP contribution in [0.5, 0.6) is 0 Å². The molecule has 0 unspecified atom stereocenters. The van der Waals surface area contributed by atoms with Crippen molar-refractivity contribution in [1.82, 2.24) is 4.98 Å². The average molecular weight is 397 g/mol. The van der Waals surface area contributed by atoms with Crippen LogP contribution in [-0.4, -0.2) is 11.0 Å². The van der Waals surface area contributed by atoms with Crippen LogP contribution >= 0.6 is 0 Å². The molecule has 4 aromatic rings. The van der Waals surface area contributed by atoms with E-state index in [1.54, 1.807) is 6.26 Å². The van der Waals surface area contributed by atoms with Crippen LogP contribution in [0.1, 0.15) is 16.7 Å². The number of benzene rings is 3. The topological polar surface area (TPSA) is 67.2 Å². The highest BCUT2D eigenvalue weighted by atomic mass is 16.3. The SMILES string of the molecule is Cc1ccc(-c2coc(-c3ccc(NC(=O)Nc4cc(C)cc(C)c4)cc3)n2)cc1. The molecule has 5 nitrogen and oxygen atoms in total. The summed E-state index contributed by atoms with van der Waals surface area (Å²) in [6, 6.07) is 21.2. The minimum absolute atomic E-state index is 0.287. The van der Waals surface area contributed by atoms with E-state index in [1.165, 1.54) is 5.56 Å². The third-order valence-corrected chi connectivity index (χ3v) is 4.72. The van der Waals surface area contributed by atoms with Gasteiger partial charge in [-0.3, -0.25) is 0 Å². The molecule has 4 rings (SSSR count). The third-order valence-electron chi connectivity index (χ3n) is 4.72. The number of oxazole rings is 1. The molecule has 5 heteroatoms. The molecular weight excluding hydrogens is 374 g/mol. The number of anilines is 2. The fraction of sp³-hybridized carbons (Fsp3) is 0.120. The van der Waals surface area contributed by atoms with E-state index in [4.69, 9.17) is 4.42 Å². The Morgan fingerprint density at radius 3 is 2.00 bits per heavy atom. The minimum atomic E-state index is -0.287. The lowest BCUT2D eigenvalue weighted by molar-refractivity contribution is 0.262. The zero-order valence-corrected chi connectivity index (χ0v) is 17.2. The van der Waals surface area contributed by atoms with Crippen molar-refractivity contribution in [2.24, 2.45) is 0 Å². The third kappa shape index (κ3) is 4.58. The van der Waals surface area contributed by atoms with Gasteiger partial charge in [-0.05, 0) is 68.3 Å². The Balaban J connectivity index is 1.43. The first-order chi connectivity index (χ1) is 14.5. The van der Waals surface area contributed by atoms with Crippen molar-refractivity contribution in [3.63, 3.8) is 0 Å². The Hall–Kier alpha value is -3.86. The van der Waals surface area contributed by atoms with Gasteiger partial charge in [0.05, 0.1) is 0 Å². The molecule has 30 heavy (non-hydrogen) atoms. The smallest absolute Gasteiger partial charge is 0.323 e. The largest absolute Gasteiger partial charge is 0.444 e. The molecule has 0 atom stereocenters. The van der Waals surface area contributed by atoms with E-state index in [9.17, 15) is 4.79 Å². The van der Waals surface area contributed by atoms with Gasteiger partial charge in [-0.25, -0.2) is 9.78 Å². The first-order valence-electron chi connectivity index (χ1n) is 9.75. The number of nitrogens with zero attached hydrogens (tertiary/aromatic N) is 1. The van der Waals surface area contributed by atoms with E-state index >= 15 is 0 Å². The van der Waals surface area contributed by atoms with Gasteiger partial charge in [-0.1, -0.05) is 35.9 Å². The van der Waals surface area contributed by atoms with Gasteiger partial charge < -0.3 is 15.1 Å². The maximum Gasteiger partial charge on any atom is 0.323 e. The Morgan fingerprint density at radius 1 is 0.733 bits per heavy atom. The van der Waals surface area contributed by atoms with Gasteiger partial charge in [0.15, 0.2) is 0 Å². The number of rotatable bonds is 4. The number of carbonyl (C=O) groups is 1. The highest BCUT2D eigenvalue weighted by molar-refractivity contribution is 5.99. The summed E-state index contributed by atoms with van der Waals surface area (Å²) in [5.74, 6) is 0.539. The fourth-order valence-corrected chi connectivity index (χ4v) is 3.30. The van der Waals surface area contributed by atoms with Crippen LogP contribution in [0.2, 0.25) is 0 Å². The van der Waals surface area contributed by atoms with E-state index in [0.29, 0.717) is 11.6 Å². The molecule has 150 valence electrons. The van der Waals surface area contributed by atoms with E-state index < -0.39 is 0 Å². The second-order valence-corrected chi connectivity index (χ2v) is 7.44. The number of hydrogen-bond acceptors (Lipinski definition) is 3. The second-order valence-electron chi connectivity index (χ2n) is 7.44. The van der Waals surface area contributed by atoms with Crippen molar-refractivity contribution in [2.75, 3.05) is 10.6 Å². The van der Waals surface area contributed by atoms with Crippen molar-refractivity contribution in [2.45, 2.75) is 20.8 Å². The van der Waals surface area contributed by atoms with Crippen molar-refractivity contribution in [3.8, 4) is 22.7 Å². The molecule has 0 aliphatic rings. The monoisotopic (exact) mass is 397 g/mol. The van der Waals surface area contributed by atoms with Crippen LogP contribution in [0.15, 0.2) is 77.4 Å². The number of amides is 2. The summed E-state index contributed by atoms with van der Waals surface area (Å²) in [5, 5.41) is 5.71.